The van der Waals surface area contributed by atoms with E-state index < -0.39 is 0 Å². The zero-order valence-electron chi connectivity index (χ0n) is 21.5. The minimum atomic E-state index is -0.317. The highest BCUT2D eigenvalue weighted by molar-refractivity contribution is 7.03. The van der Waals surface area contributed by atoms with Crippen LogP contribution in [0.3, 0.4) is 0 Å². The molecule has 0 aliphatic rings. The first-order valence-electron chi connectivity index (χ1n) is 12.8. The summed E-state index contributed by atoms with van der Waals surface area (Å²) in [6, 6.07) is 15.7. The zero-order chi connectivity index (χ0) is 26.1. The third-order valence-corrected chi connectivity index (χ3v) is 7.00. The Bertz CT molecular complexity index is 1180. The number of nitrogens with zero attached hydrogens (tertiary/aromatic N) is 4. The molecular formula is C28H35N7OS. The molecule has 8 nitrogen and oxygen atoms in total. The molecule has 0 saturated carbocycles. The summed E-state index contributed by atoms with van der Waals surface area (Å²) in [6.45, 7) is 6.33. The van der Waals surface area contributed by atoms with Crippen molar-refractivity contribution < 1.29 is 4.79 Å². The molecule has 4 N–H and O–H groups in total. The number of carbonyl (C=O) groups excluding carboxylic acids is 1. The van der Waals surface area contributed by atoms with Gasteiger partial charge in [-0.3, -0.25) is 9.69 Å². The molecule has 2 aromatic heterocycles. The molecule has 0 spiro atoms. The number of amides is 1. The highest BCUT2D eigenvalue weighted by Gasteiger charge is 2.25. The fourth-order valence-electron chi connectivity index (χ4n) is 4.66. The van der Waals surface area contributed by atoms with Crippen LogP contribution in [0, 0.1) is 0 Å². The van der Waals surface area contributed by atoms with Gasteiger partial charge in [0.1, 0.15) is 5.82 Å². The third-order valence-electron chi connectivity index (χ3n) is 6.45. The smallest absolute Gasteiger partial charge is 0.255 e. The SMILES string of the molecule is CCCC(N)(CCC)c1ccc(NC(=O)c2ccc(CN(Cc3csnn3)Cc3ncc[nH]3)cc2)cc1. The van der Waals surface area contributed by atoms with Gasteiger partial charge in [0.2, 0.25) is 0 Å². The minimum absolute atomic E-state index is 0.138. The molecule has 9 heteroatoms. The van der Waals surface area contributed by atoms with Gasteiger partial charge in [0, 0.05) is 47.7 Å². The summed E-state index contributed by atoms with van der Waals surface area (Å²) >= 11 is 1.35. The predicted octanol–water partition coefficient (Wildman–Crippen LogP) is 5.47. The van der Waals surface area contributed by atoms with Crippen LogP contribution in [0.1, 0.15) is 72.5 Å². The molecule has 0 unspecified atom stereocenters. The van der Waals surface area contributed by atoms with Gasteiger partial charge in [-0.15, -0.1) is 5.10 Å². The Labute approximate surface area is 222 Å². The fraction of sp³-hybridized carbons (Fsp3) is 0.357. The van der Waals surface area contributed by atoms with E-state index in [2.05, 4.69) is 43.6 Å². The van der Waals surface area contributed by atoms with E-state index in [9.17, 15) is 4.79 Å². The highest BCUT2D eigenvalue weighted by Crippen LogP contribution is 2.29. The largest absolute Gasteiger partial charge is 0.348 e. The average molecular weight is 518 g/mol. The van der Waals surface area contributed by atoms with Crippen LogP contribution in [0.5, 0.6) is 0 Å². The lowest BCUT2D eigenvalue weighted by molar-refractivity contribution is 0.102. The van der Waals surface area contributed by atoms with Crippen molar-refractivity contribution in [2.24, 2.45) is 5.73 Å². The van der Waals surface area contributed by atoms with E-state index in [0.29, 0.717) is 25.2 Å². The van der Waals surface area contributed by atoms with Crippen LogP contribution in [0.4, 0.5) is 5.69 Å². The van der Waals surface area contributed by atoms with Crippen molar-refractivity contribution in [3.8, 4) is 0 Å². The van der Waals surface area contributed by atoms with Gasteiger partial charge >= 0.3 is 0 Å². The van der Waals surface area contributed by atoms with Crippen molar-refractivity contribution in [3.63, 3.8) is 0 Å². The first-order chi connectivity index (χ1) is 18.0. The van der Waals surface area contributed by atoms with Crippen molar-refractivity contribution in [2.75, 3.05) is 5.32 Å². The second-order valence-corrected chi connectivity index (χ2v) is 10.1. The Morgan fingerprint density at radius 3 is 2.35 bits per heavy atom. The summed E-state index contributed by atoms with van der Waals surface area (Å²) in [4.78, 5) is 22.6. The van der Waals surface area contributed by atoms with Crippen LogP contribution in [-0.4, -0.2) is 30.4 Å². The standard InChI is InChI=1S/C28H35N7OS/c1-3-13-28(29,14-4-2)23-9-11-24(12-10-23)32-27(36)22-7-5-21(6-8-22)17-35(18-25-20-37-34-33-25)19-26-30-15-16-31-26/h5-12,15-16,20H,3-4,13-14,17-19,29H2,1-2H3,(H,30,31)(H,32,36). The van der Waals surface area contributed by atoms with Crippen LogP contribution in [-0.2, 0) is 25.2 Å². The molecule has 37 heavy (non-hydrogen) atoms. The van der Waals surface area contributed by atoms with Gasteiger partial charge in [-0.1, -0.05) is 55.4 Å². The van der Waals surface area contributed by atoms with Gasteiger partial charge in [0.15, 0.2) is 0 Å². The van der Waals surface area contributed by atoms with Crippen LogP contribution in [0.15, 0.2) is 66.3 Å². The van der Waals surface area contributed by atoms with Gasteiger partial charge < -0.3 is 16.0 Å². The minimum Gasteiger partial charge on any atom is -0.348 e. The Balaban J connectivity index is 1.38. The lowest BCUT2D eigenvalue weighted by atomic mass is 9.83. The summed E-state index contributed by atoms with van der Waals surface area (Å²) in [6.07, 6.45) is 7.53. The molecule has 0 fully saturated rings. The third kappa shape index (κ3) is 7.31. The number of H-pyrrole nitrogens is 1. The number of benzene rings is 2. The van der Waals surface area contributed by atoms with E-state index in [1.807, 2.05) is 60.1 Å². The lowest BCUT2D eigenvalue weighted by Gasteiger charge is -2.29. The zero-order valence-corrected chi connectivity index (χ0v) is 22.3. The van der Waals surface area contributed by atoms with E-state index in [1.54, 1.807) is 6.20 Å². The second-order valence-electron chi connectivity index (χ2n) is 9.46. The molecular weight excluding hydrogens is 482 g/mol. The fourth-order valence-corrected chi connectivity index (χ4v) is 5.10. The molecule has 2 heterocycles. The second kappa shape index (κ2) is 12.7. The number of hydrogen-bond acceptors (Lipinski definition) is 7. The molecule has 4 rings (SSSR count). The molecule has 0 aliphatic heterocycles. The van der Waals surface area contributed by atoms with Gasteiger partial charge in [-0.05, 0) is 59.8 Å². The van der Waals surface area contributed by atoms with Crippen LogP contribution >= 0.6 is 11.5 Å². The maximum atomic E-state index is 12.9. The molecule has 0 bridgehead atoms. The highest BCUT2D eigenvalue weighted by atomic mass is 32.1. The molecule has 194 valence electrons. The number of hydrogen-bond donors (Lipinski definition) is 3. The van der Waals surface area contributed by atoms with Gasteiger partial charge in [-0.2, -0.15) is 0 Å². The van der Waals surface area contributed by atoms with Crippen molar-refractivity contribution in [3.05, 3.63) is 94.5 Å². The molecule has 4 aromatic rings. The quantitative estimate of drug-likeness (QED) is 0.217. The van der Waals surface area contributed by atoms with E-state index >= 15 is 0 Å². The van der Waals surface area contributed by atoms with Crippen LogP contribution in [0.25, 0.3) is 0 Å². The predicted molar refractivity (Wildman–Crippen MR) is 148 cm³/mol. The Morgan fingerprint density at radius 2 is 1.76 bits per heavy atom. The van der Waals surface area contributed by atoms with Crippen molar-refractivity contribution in [2.45, 2.75) is 64.7 Å². The molecule has 0 atom stereocenters. The number of rotatable bonds is 13. The summed E-state index contributed by atoms with van der Waals surface area (Å²) < 4.78 is 3.97. The van der Waals surface area contributed by atoms with Crippen LogP contribution in [0.2, 0.25) is 0 Å². The first kappa shape index (κ1) is 26.7. The number of nitrogens with one attached hydrogen (secondary N) is 2. The van der Waals surface area contributed by atoms with E-state index in [4.69, 9.17) is 5.73 Å². The number of aromatic nitrogens is 4. The van der Waals surface area contributed by atoms with Gasteiger partial charge in [0.05, 0.1) is 12.2 Å². The van der Waals surface area contributed by atoms with Crippen molar-refractivity contribution in [1.29, 1.82) is 0 Å². The van der Waals surface area contributed by atoms with Gasteiger partial charge in [0.25, 0.3) is 5.91 Å². The first-order valence-corrected chi connectivity index (χ1v) is 13.6. The van der Waals surface area contributed by atoms with Crippen LogP contribution < -0.4 is 11.1 Å². The Kier molecular flexibility index (Phi) is 9.16. The normalized spacial score (nSPS) is 11.7. The van der Waals surface area contributed by atoms with E-state index in [1.165, 1.54) is 11.5 Å². The lowest BCUT2D eigenvalue weighted by Crippen LogP contribution is -2.36. The number of imidazole rings is 1. The summed E-state index contributed by atoms with van der Waals surface area (Å²) in [5.41, 5.74) is 10.9. The summed E-state index contributed by atoms with van der Waals surface area (Å²) in [5.74, 6) is 0.753. The Hall–Kier alpha value is -3.40. The van der Waals surface area contributed by atoms with Crippen molar-refractivity contribution in [1.82, 2.24) is 24.5 Å². The molecule has 0 aliphatic carbocycles. The molecule has 0 saturated heterocycles. The number of carbonyl (C=O) groups is 1. The van der Waals surface area contributed by atoms with E-state index in [0.717, 1.165) is 54.0 Å². The topological polar surface area (TPSA) is 113 Å². The summed E-state index contributed by atoms with van der Waals surface area (Å²) in [7, 11) is 0. The number of aromatic amines is 1. The maximum Gasteiger partial charge on any atom is 0.255 e. The number of nitrogens with two attached hydrogens (primary N) is 1. The number of anilines is 1. The van der Waals surface area contributed by atoms with Crippen molar-refractivity contribution >= 4 is 23.1 Å². The molecule has 0 radical (unpaired) electrons. The molecule has 1 amide bonds. The molecule has 2 aromatic carbocycles. The average Bonchev–Trinajstić information content (AvgIpc) is 3.60. The van der Waals surface area contributed by atoms with Gasteiger partial charge in [-0.25, -0.2) is 4.98 Å². The monoisotopic (exact) mass is 517 g/mol. The van der Waals surface area contributed by atoms with E-state index in [-0.39, 0.29) is 11.4 Å². The summed E-state index contributed by atoms with van der Waals surface area (Å²) in [5, 5.41) is 9.14. The maximum absolute atomic E-state index is 12.9. The Morgan fingerprint density at radius 1 is 1.03 bits per heavy atom.